The van der Waals surface area contributed by atoms with E-state index in [2.05, 4.69) is 15.7 Å². The third-order valence-corrected chi connectivity index (χ3v) is 3.58. The number of rotatable bonds is 3. The molecule has 0 saturated carbocycles. The molecule has 2 amide bonds. The van der Waals surface area contributed by atoms with E-state index < -0.39 is 17.7 Å². The number of hydrogen-bond acceptors (Lipinski definition) is 3. The van der Waals surface area contributed by atoms with Crippen molar-refractivity contribution in [2.45, 2.75) is 0 Å². The summed E-state index contributed by atoms with van der Waals surface area (Å²) in [5.74, 6) is -1.39. The molecule has 0 saturated heterocycles. The Morgan fingerprint density at radius 1 is 1.00 bits per heavy atom. The van der Waals surface area contributed by atoms with Crippen molar-refractivity contribution in [1.29, 1.82) is 0 Å². The number of anilines is 2. The number of nitrogens with one attached hydrogen (secondary N) is 2. The maximum Gasteiger partial charge on any atom is 0.323 e. The number of amides is 2. The highest BCUT2D eigenvalue weighted by Crippen LogP contribution is 2.19. The molecular formula is C18H14F2N4O2. The molecule has 0 aliphatic heterocycles. The Morgan fingerprint density at radius 2 is 1.73 bits per heavy atom. The Morgan fingerprint density at radius 3 is 2.42 bits per heavy atom. The molecule has 0 unspecified atom stereocenters. The zero-order valence-corrected chi connectivity index (χ0v) is 13.7. The van der Waals surface area contributed by atoms with Gasteiger partial charge in [0, 0.05) is 30.4 Å². The zero-order valence-electron chi connectivity index (χ0n) is 13.7. The van der Waals surface area contributed by atoms with E-state index >= 15 is 0 Å². The van der Waals surface area contributed by atoms with Crippen LogP contribution >= 0.6 is 0 Å². The molecule has 0 fully saturated rings. The van der Waals surface area contributed by atoms with Crippen molar-refractivity contribution in [3.8, 4) is 11.3 Å². The van der Waals surface area contributed by atoms with Crippen LogP contribution in [0, 0.1) is 11.6 Å². The Bertz CT molecular complexity index is 1020. The number of nitrogens with zero attached hydrogens (tertiary/aromatic N) is 2. The van der Waals surface area contributed by atoms with E-state index in [1.54, 1.807) is 37.4 Å². The van der Waals surface area contributed by atoms with Gasteiger partial charge in [-0.25, -0.2) is 18.3 Å². The van der Waals surface area contributed by atoms with E-state index in [-0.39, 0.29) is 11.2 Å². The molecule has 1 aromatic heterocycles. The first kappa shape index (κ1) is 17.3. The highest BCUT2D eigenvalue weighted by atomic mass is 19.1. The lowest BCUT2D eigenvalue weighted by molar-refractivity contribution is 0.262. The highest BCUT2D eigenvalue weighted by Gasteiger charge is 2.09. The summed E-state index contributed by atoms with van der Waals surface area (Å²) in [6.07, 6.45) is 0. The van der Waals surface area contributed by atoms with Crippen molar-refractivity contribution in [2.24, 2.45) is 7.05 Å². The number of benzene rings is 2. The first-order valence-electron chi connectivity index (χ1n) is 7.60. The molecule has 0 aliphatic rings. The Hall–Kier alpha value is -3.55. The smallest absolute Gasteiger partial charge is 0.308 e. The lowest BCUT2D eigenvalue weighted by atomic mass is 10.1. The van der Waals surface area contributed by atoms with E-state index in [1.807, 2.05) is 0 Å². The number of carbonyl (C=O) groups is 1. The second-order valence-electron chi connectivity index (χ2n) is 5.46. The summed E-state index contributed by atoms with van der Waals surface area (Å²) < 4.78 is 27.9. The summed E-state index contributed by atoms with van der Waals surface area (Å²) >= 11 is 0. The van der Waals surface area contributed by atoms with Gasteiger partial charge in [0.15, 0.2) is 0 Å². The quantitative estimate of drug-likeness (QED) is 0.755. The van der Waals surface area contributed by atoms with E-state index in [4.69, 9.17) is 0 Å². The van der Waals surface area contributed by atoms with Crippen molar-refractivity contribution >= 4 is 17.4 Å². The maximum atomic E-state index is 13.5. The standard InChI is InChI=1S/C18H14F2N4O2/c1-24-17(25)9-8-15(23-24)11-2-5-13(6-3-11)21-18(26)22-16-10-12(19)4-7-14(16)20/h2-10H,1H3,(H2,21,22,26). The predicted octanol–water partition coefficient (Wildman–Crippen LogP) is 3.37. The average Bonchev–Trinajstić information content (AvgIpc) is 2.61. The van der Waals surface area contributed by atoms with Crippen molar-refractivity contribution in [3.05, 3.63) is 76.6 Å². The maximum absolute atomic E-state index is 13.5. The van der Waals surface area contributed by atoms with Gasteiger partial charge in [0.05, 0.1) is 11.4 Å². The van der Waals surface area contributed by atoms with Crippen LogP contribution < -0.4 is 16.2 Å². The SMILES string of the molecule is Cn1nc(-c2ccc(NC(=O)Nc3cc(F)ccc3F)cc2)ccc1=O. The fourth-order valence-electron chi connectivity index (χ4n) is 2.26. The van der Waals surface area contributed by atoms with Gasteiger partial charge in [0.2, 0.25) is 0 Å². The summed E-state index contributed by atoms with van der Waals surface area (Å²) in [6, 6.07) is 11.8. The molecule has 26 heavy (non-hydrogen) atoms. The monoisotopic (exact) mass is 356 g/mol. The van der Waals surface area contributed by atoms with Gasteiger partial charge in [0.25, 0.3) is 5.56 Å². The zero-order chi connectivity index (χ0) is 18.7. The van der Waals surface area contributed by atoms with Gasteiger partial charge in [-0.2, -0.15) is 5.10 Å². The summed E-state index contributed by atoms with van der Waals surface area (Å²) in [6.45, 7) is 0. The Kier molecular flexibility index (Phi) is 4.74. The molecule has 132 valence electrons. The first-order chi connectivity index (χ1) is 12.4. The normalized spacial score (nSPS) is 10.4. The molecule has 6 nitrogen and oxygen atoms in total. The first-order valence-corrected chi connectivity index (χ1v) is 7.60. The molecule has 2 N–H and O–H groups in total. The largest absolute Gasteiger partial charge is 0.323 e. The minimum atomic E-state index is -0.738. The van der Waals surface area contributed by atoms with E-state index in [0.717, 1.165) is 23.8 Å². The van der Waals surface area contributed by atoms with Crippen LogP contribution in [0.3, 0.4) is 0 Å². The minimum absolute atomic E-state index is 0.215. The number of halogens is 2. The molecular weight excluding hydrogens is 342 g/mol. The van der Waals surface area contributed by atoms with Gasteiger partial charge < -0.3 is 10.6 Å². The molecule has 0 bridgehead atoms. The van der Waals surface area contributed by atoms with Gasteiger partial charge in [0.1, 0.15) is 11.6 Å². The van der Waals surface area contributed by atoms with Crippen molar-refractivity contribution in [3.63, 3.8) is 0 Å². The number of aromatic nitrogens is 2. The molecule has 0 atom stereocenters. The fourth-order valence-corrected chi connectivity index (χ4v) is 2.26. The number of aryl methyl sites for hydroxylation is 1. The molecule has 3 aromatic rings. The molecule has 0 spiro atoms. The van der Waals surface area contributed by atoms with E-state index in [1.165, 1.54) is 10.7 Å². The molecule has 3 rings (SSSR count). The van der Waals surface area contributed by atoms with Crippen LogP contribution in [0.5, 0.6) is 0 Å². The topological polar surface area (TPSA) is 76.0 Å². The van der Waals surface area contributed by atoms with Crippen molar-refractivity contribution in [1.82, 2.24) is 9.78 Å². The second kappa shape index (κ2) is 7.14. The van der Waals surface area contributed by atoms with Crippen LogP contribution in [0.15, 0.2) is 59.4 Å². The van der Waals surface area contributed by atoms with Crippen molar-refractivity contribution in [2.75, 3.05) is 10.6 Å². The Labute approximate surface area is 147 Å². The molecule has 0 aliphatic carbocycles. The van der Waals surface area contributed by atoms with Crippen LogP contribution in [0.4, 0.5) is 25.0 Å². The number of hydrogen-bond donors (Lipinski definition) is 2. The second-order valence-corrected chi connectivity index (χ2v) is 5.46. The van der Waals surface area contributed by atoms with Crippen LogP contribution in [0.1, 0.15) is 0 Å². The predicted molar refractivity (Wildman–Crippen MR) is 93.9 cm³/mol. The van der Waals surface area contributed by atoms with Crippen LogP contribution in [0.25, 0.3) is 11.3 Å². The fraction of sp³-hybridized carbons (Fsp3) is 0.0556. The van der Waals surface area contributed by atoms with Gasteiger partial charge in [-0.1, -0.05) is 12.1 Å². The van der Waals surface area contributed by atoms with E-state index in [0.29, 0.717) is 11.4 Å². The summed E-state index contributed by atoms with van der Waals surface area (Å²) in [5, 5.41) is 8.90. The van der Waals surface area contributed by atoms with E-state index in [9.17, 15) is 18.4 Å². The summed E-state index contributed by atoms with van der Waals surface area (Å²) in [5.41, 5.74) is 1.34. The molecule has 0 radical (unpaired) electrons. The summed E-state index contributed by atoms with van der Waals surface area (Å²) in [4.78, 5) is 23.3. The van der Waals surface area contributed by atoms with Gasteiger partial charge in [-0.3, -0.25) is 4.79 Å². The highest BCUT2D eigenvalue weighted by molar-refractivity contribution is 5.99. The van der Waals surface area contributed by atoms with Crippen LogP contribution in [-0.2, 0) is 7.05 Å². The third kappa shape index (κ3) is 3.92. The molecule has 2 aromatic carbocycles. The van der Waals surface area contributed by atoms with Gasteiger partial charge >= 0.3 is 6.03 Å². The van der Waals surface area contributed by atoms with Gasteiger partial charge in [-0.15, -0.1) is 0 Å². The molecule has 1 heterocycles. The van der Waals surface area contributed by atoms with Gasteiger partial charge in [-0.05, 0) is 30.3 Å². The lowest BCUT2D eigenvalue weighted by Gasteiger charge is -2.09. The minimum Gasteiger partial charge on any atom is -0.308 e. The third-order valence-electron chi connectivity index (χ3n) is 3.58. The number of urea groups is 1. The van der Waals surface area contributed by atoms with Crippen molar-refractivity contribution < 1.29 is 13.6 Å². The average molecular weight is 356 g/mol. The molecule has 8 heteroatoms. The van der Waals surface area contributed by atoms with Crippen LogP contribution in [0.2, 0.25) is 0 Å². The van der Waals surface area contributed by atoms with Crippen LogP contribution in [-0.4, -0.2) is 15.8 Å². The Balaban J connectivity index is 1.70. The summed E-state index contributed by atoms with van der Waals surface area (Å²) in [7, 11) is 1.55. The number of carbonyl (C=O) groups excluding carboxylic acids is 1. The lowest BCUT2D eigenvalue weighted by Crippen LogP contribution is -2.20.